The third-order valence-electron chi connectivity index (χ3n) is 3.36. The van der Waals surface area contributed by atoms with E-state index in [1.807, 2.05) is 6.92 Å². The maximum absolute atomic E-state index is 5.46. The first-order chi connectivity index (χ1) is 9.31. The van der Waals surface area contributed by atoms with Gasteiger partial charge in [-0.2, -0.15) is 0 Å². The molecule has 1 aromatic carbocycles. The molecule has 4 heteroatoms. The topological polar surface area (TPSA) is 24.5 Å². The van der Waals surface area contributed by atoms with Crippen LogP contribution in [0.1, 0.15) is 24.5 Å². The summed E-state index contributed by atoms with van der Waals surface area (Å²) in [6, 6.07) is 8.62. The SMILES string of the molecule is CCOCCCNC(=S)N1CCc2ccccc2C1. The van der Waals surface area contributed by atoms with Gasteiger partial charge in [0.05, 0.1) is 0 Å². The van der Waals surface area contributed by atoms with Crippen LogP contribution < -0.4 is 5.32 Å². The molecule has 0 unspecified atom stereocenters. The smallest absolute Gasteiger partial charge is 0.169 e. The maximum Gasteiger partial charge on any atom is 0.169 e. The molecule has 2 rings (SSSR count). The van der Waals surface area contributed by atoms with Crippen LogP contribution >= 0.6 is 12.2 Å². The number of hydrogen-bond acceptors (Lipinski definition) is 2. The maximum atomic E-state index is 5.46. The number of hydrogen-bond donors (Lipinski definition) is 1. The minimum atomic E-state index is 0.785. The van der Waals surface area contributed by atoms with Crippen molar-refractivity contribution in [2.45, 2.75) is 26.3 Å². The lowest BCUT2D eigenvalue weighted by Crippen LogP contribution is -2.42. The Morgan fingerprint density at radius 2 is 2.16 bits per heavy atom. The Morgan fingerprint density at radius 3 is 2.95 bits per heavy atom. The number of ether oxygens (including phenoxy) is 1. The van der Waals surface area contributed by atoms with E-state index in [1.165, 1.54) is 11.1 Å². The van der Waals surface area contributed by atoms with Crippen LogP contribution in [0.5, 0.6) is 0 Å². The average Bonchev–Trinajstić information content (AvgIpc) is 2.46. The van der Waals surface area contributed by atoms with Gasteiger partial charge in [0, 0.05) is 32.8 Å². The van der Waals surface area contributed by atoms with Crippen LogP contribution in [-0.2, 0) is 17.7 Å². The van der Waals surface area contributed by atoms with E-state index in [1.54, 1.807) is 0 Å². The fourth-order valence-electron chi connectivity index (χ4n) is 2.29. The van der Waals surface area contributed by atoms with Crippen LogP contribution in [-0.4, -0.2) is 36.3 Å². The fraction of sp³-hybridized carbons (Fsp3) is 0.533. The van der Waals surface area contributed by atoms with Crippen molar-refractivity contribution < 1.29 is 4.74 Å². The summed E-state index contributed by atoms with van der Waals surface area (Å²) in [6.45, 7) is 6.42. The molecule has 1 N–H and O–H groups in total. The van der Waals surface area contributed by atoms with Crippen molar-refractivity contribution in [2.75, 3.05) is 26.3 Å². The van der Waals surface area contributed by atoms with Crippen molar-refractivity contribution in [3.8, 4) is 0 Å². The summed E-state index contributed by atoms with van der Waals surface area (Å²) < 4.78 is 5.31. The highest BCUT2D eigenvalue weighted by atomic mass is 32.1. The molecular weight excluding hydrogens is 256 g/mol. The molecule has 1 aliphatic rings. The first kappa shape index (κ1) is 14.3. The number of nitrogens with one attached hydrogen (secondary N) is 1. The Morgan fingerprint density at radius 1 is 1.37 bits per heavy atom. The number of benzene rings is 1. The zero-order chi connectivity index (χ0) is 13.5. The van der Waals surface area contributed by atoms with Crippen LogP contribution in [0.3, 0.4) is 0 Å². The van der Waals surface area contributed by atoms with Crippen molar-refractivity contribution in [3.05, 3.63) is 35.4 Å². The highest BCUT2D eigenvalue weighted by molar-refractivity contribution is 7.80. The van der Waals surface area contributed by atoms with E-state index < -0.39 is 0 Å². The van der Waals surface area contributed by atoms with Crippen molar-refractivity contribution in [1.82, 2.24) is 10.2 Å². The number of nitrogens with zero attached hydrogens (tertiary/aromatic N) is 1. The highest BCUT2D eigenvalue weighted by Gasteiger charge is 2.17. The van der Waals surface area contributed by atoms with Gasteiger partial charge in [0.2, 0.25) is 0 Å². The third kappa shape index (κ3) is 4.18. The second-order valence-corrected chi connectivity index (χ2v) is 5.11. The molecule has 19 heavy (non-hydrogen) atoms. The minimum absolute atomic E-state index is 0.785. The van der Waals surface area contributed by atoms with Crippen molar-refractivity contribution >= 4 is 17.3 Å². The first-order valence-electron chi connectivity index (χ1n) is 6.98. The van der Waals surface area contributed by atoms with Crippen molar-refractivity contribution in [3.63, 3.8) is 0 Å². The summed E-state index contributed by atoms with van der Waals surface area (Å²) in [5.41, 5.74) is 2.85. The fourth-order valence-corrected chi connectivity index (χ4v) is 2.55. The lowest BCUT2D eigenvalue weighted by molar-refractivity contribution is 0.145. The molecule has 0 saturated heterocycles. The van der Waals surface area contributed by atoms with E-state index in [9.17, 15) is 0 Å². The predicted octanol–water partition coefficient (Wildman–Crippen LogP) is 2.35. The summed E-state index contributed by atoms with van der Waals surface area (Å²) in [5, 5.41) is 4.19. The second kappa shape index (κ2) is 7.46. The normalized spacial score (nSPS) is 14.1. The van der Waals surface area contributed by atoms with E-state index in [4.69, 9.17) is 17.0 Å². The molecule has 0 spiro atoms. The Balaban J connectivity index is 1.76. The summed E-state index contributed by atoms with van der Waals surface area (Å²) in [4.78, 5) is 2.25. The van der Waals surface area contributed by atoms with E-state index in [-0.39, 0.29) is 0 Å². The van der Waals surface area contributed by atoms with Crippen LogP contribution in [0.4, 0.5) is 0 Å². The van der Waals surface area contributed by atoms with Gasteiger partial charge >= 0.3 is 0 Å². The molecule has 0 bridgehead atoms. The van der Waals surface area contributed by atoms with Gasteiger partial charge in [0.25, 0.3) is 0 Å². The average molecular weight is 278 g/mol. The van der Waals surface area contributed by atoms with Crippen LogP contribution in [0, 0.1) is 0 Å². The van der Waals surface area contributed by atoms with Gasteiger partial charge < -0.3 is 15.0 Å². The van der Waals surface area contributed by atoms with E-state index >= 15 is 0 Å². The molecule has 0 saturated carbocycles. The van der Waals surface area contributed by atoms with E-state index in [2.05, 4.69) is 34.5 Å². The van der Waals surface area contributed by atoms with Crippen molar-refractivity contribution in [2.24, 2.45) is 0 Å². The molecule has 0 aliphatic carbocycles. The Hall–Kier alpha value is -1.13. The molecule has 0 atom stereocenters. The van der Waals surface area contributed by atoms with Crippen LogP contribution in [0.15, 0.2) is 24.3 Å². The van der Waals surface area contributed by atoms with Gasteiger partial charge in [-0.25, -0.2) is 0 Å². The predicted molar refractivity (Wildman–Crippen MR) is 82.3 cm³/mol. The molecule has 0 radical (unpaired) electrons. The summed E-state index contributed by atoms with van der Waals surface area (Å²) in [6.07, 6.45) is 2.08. The third-order valence-corrected chi connectivity index (χ3v) is 3.77. The molecule has 1 aliphatic heterocycles. The Labute approximate surface area is 120 Å². The minimum Gasteiger partial charge on any atom is -0.382 e. The molecular formula is C15H22N2OS. The lowest BCUT2D eigenvalue weighted by Gasteiger charge is -2.31. The molecule has 104 valence electrons. The lowest BCUT2D eigenvalue weighted by atomic mass is 10.0. The van der Waals surface area contributed by atoms with E-state index in [0.29, 0.717) is 0 Å². The molecule has 0 amide bonds. The molecule has 0 aromatic heterocycles. The highest BCUT2D eigenvalue weighted by Crippen LogP contribution is 2.18. The van der Waals surface area contributed by atoms with Gasteiger partial charge in [-0.1, -0.05) is 24.3 Å². The Kier molecular flexibility index (Phi) is 5.61. The van der Waals surface area contributed by atoms with Gasteiger partial charge in [-0.15, -0.1) is 0 Å². The largest absolute Gasteiger partial charge is 0.382 e. The van der Waals surface area contributed by atoms with E-state index in [0.717, 1.165) is 50.8 Å². The van der Waals surface area contributed by atoms with Crippen molar-refractivity contribution in [1.29, 1.82) is 0 Å². The van der Waals surface area contributed by atoms with Gasteiger partial charge in [-0.3, -0.25) is 0 Å². The molecule has 1 heterocycles. The number of rotatable bonds is 5. The number of fused-ring (bicyclic) bond motifs is 1. The molecule has 3 nitrogen and oxygen atoms in total. The first-order valence-corrected chi connectivity index (χ1v) is 7.39. The second-order valence-electron chi connectivity index (χ2n) is 4.72. The molecule has 1 aromatic rings. The zero-order valence-electron chi connectivity index (χ0n) is 11.5. The zero-order valence-corrected chi connectivity index (χ0v) is 12.3. The molecule has 0 fully saturated rings. The summed E-state index contributed by atoms with van der Waals surface area (Å²) in [7, 11) is 0. The standard InChI is InChI=1S/C15H22N2OS/c1-2-18-11-5-9-16-15(19)17-10-8-13-6-3-4-7-14(13)12-17/h3-4,6-7H,2,5,8-12H2,1H3,(H,16,19). The Bertz CT molecular complexity index is 422. The van der Waals surface area contributed by atoms with Gasteiger partial charge in [-0.05, 0) is 43.1 Å². The number of thiocarbonyl (C=S) groups is 1. The quantitative estimate of drug-likeness (QED) is 0.660. The van der Waals surface area contributed by atoms with Gasteiger partial charge in [0.15, 0.2) is 5.11 Å². The van der Waals surface area contributed by atoms with Crippen LogP contribution in [0.2, 0.25) is 0 Å². The van der Waals surface area contributed by atoms with Crippen LogP contribution in [0.25, 0.3) is 0 Å². The van der Waals surface area contributed by atoms with Gasteiger partial charge in [0.1, 0.15) is 0 Å². The monoisotopic (exact) mass is 278 g/mol. The summed E-state index contributed by atoms with van der Waals surface area (Å²) >= 11 is 5.46. The summed E-state index contributed by atoms with van der Waals surface area (Å²) in [5.74, 6) is 0.